The summed E-state index contributed by atoms with van der Waals surface area (Å²) in [6.45, 7) is 2.51. The highest BCUT2D eigenvalue weighted by Crippen LogP contribution is 2.26. The fourth-order valence-electron chi connectivity index (χ4n) is 2.73. The van der Waals surface area contributed by atoms with Crippen LogP contribution in [0.25, 0.3) is 0 Å². The van der Waals surface area contributed by atoms with Gasteiger partial charge < -0.3 is 0 Å². The van der Waals surface area contributed by atoms with Gasteiger partial charge in [0.25, 0.3) is 5.70 Å². The van der Waals surface area contributed by atoms with E-state index in [2.05, 4.69) is 4.90 Å². The molecular weight excluding hydrogens is 248 g/mol. The van der Waals surface area contributed by atoms with Crippen LogP contribution in [0.15, 0.2) is 11.8 Å². The third-order valence-corrected chi connectivity index (χ3v) is 4.74. The topological polar surface area (TPSA) is 46.4 Å². The van der Waals surface area contributed by atoms with Gasteiger partial charge in [-0.1, -0.05) is 19.3 Å². The number of thioether (sulfide) groups is 1. The number of rotatable bonds is 4. The summed E-state index contributed by atoms with van der Waals surface area (Å²) in [6, 6.07) is 0. The summed E-state index contributed by atoms with van der Waals surface area (Å²) in [4.78, 5) is 13.2. The van der Waals surface area contributed by atoms with Crippen LogP contribution < -0.4 is 0 Å². The molecule has 1 saturated heterocycles. The van der Waals surface area contributed by atoms with Crippen LogP contribution in [0.5, 0.6) is 0 Å². The first-order chi connectivity index (χ1) is 8.75. The Morgan fingerprint density at radius 3 is 2.56 bits per heavy atom. The zero-order valence-corrected chi connectivity index (χ0v) is 11.7. The molecule has 2 aliphatic rings. The van der Waals surface area contributed by atoms with Gasteiger partial charge in [0.2, 0.25) is 0 Å². The molecule has 1 heterocycles. The molecule has 2 fully saturated rings. The molecule has 0 N–H and O–H groups in total. The van der Waals surface area contributed by atoms with Gasteiger partial charge in [0.05, 0.1) is 11.5 Å². The summed E-state index contributed by atoms with van der Waals surface area (Å²) in [5.74, 6) is 2.65. The van der Waals surface area contributed by atoms with Gasteiger partial charge in [-0.3, -0.25) is 15.0 Å². The number of hydrogen-bond acceptors (Lipinski definition) is 4. The van der Waals surface area contributed by atoms with Crippen molar-refractivity contribution in [1.82, 2.24) is 4.90 Å². The summed E-state index contributed by atoms with van der Waals surface area (Å²) in [7, 11) is 0. The summed E-state index contributed by atoms with van der Waals surface area (Å²) >= 11 is 1.94. The van der Waals surface area contributed by atoms with Gasteiger partial charge in [-0.15, -0.1) is 0 Å². The van der Waals surface area contributed by atoms with E-state index >= 15 is 0 Å². The van der Waals surface area contributed by atoms with Crippen molar-refractivity contribution in [3.05, 3.63) is 21.9 Å². The minimum absolute atomic E-state index is 0.170. The molecule has 1 aliphatic heterocycles. The van der Waals surface area contributed by atoms with E-state index in [0.717, 1.165) is 37.4 Å². The highest BCUT2D eigenvalue weighted by atomic mass is 32.2. The second kappa shape index (κ2) is 7.14. The number of nitro groups is 1. The zero-order valence-electron chi connectivity index (χ0n) is 10.8. The summed E-state index contributed by atoms with van der Waals surface area (Å²) in [5.41, 5.74) is 0.425. The van der Waals surface area contributed by atoms with Crippen LogP contribution in [-0.4, -0.2) is 41.0 Å². The molecule has 0 unspecified atom stereocenters. The van der Waals surface area contributed by atoms with Gasteiger partial charge in [0.1, 0.15) is 0 Å². The van der Waals surface area contributed by atoms with Crippen molar-refractivity contribution >= 4 is 11.8 Å². The summed E-state index contributed by atoms with van der Waals surface area (Å²) in [6.07, 6.45) is 7.96. The molecule has 1 saturated carbocycles. The van der Waals surface area contributed by atoms with Crippen LogP contribution in [0.2, 0.25) is 0 Å². The standard InChI is InChI=1S/C13H22N2O2S/c16-15(17)13(10-12-4-2-1-3-5-12)11-14-6-8-18-9-7-14/h10,12H,1-9,11H2/b13-10-. The van der Waals surface area contributed by atoms with Crippen molar-refractivity contribution < 1.29 is 4.92 Å². The first kappa shape index (κ1) is 13.9. The largest absolute Gasteiger partial charge is 0.292 e. The molecule has 0 atom stereocenters. The first-order valence-corrected chi connectivity index (χ1v) is 8.06. The van der Waals surface area contributed by atoms with E-state index in [-0.39, 0.29) is 4.92 Å². The molecule has 0 bridgehead atoms. The Labute approximate surface area is 113 Å². The van der Waals surface area contributed by atoms with Crippen molar-refractivity contribution in [2.75, 3.05) is 31.1 Å². The minimum Gasteiger partial charge on any atom is -0.292 e. The van der Waals surface area contributed by atoms with Crippen molar-refractivity contribution in [2.24, 2.45) is 5.92 Å². The SMILES string of the molecule is O=[N+]([O-])/C(=C\C1CCCCC1)CN1CCSCC1. The van der Waals surface area contributed by atoms with Crippen molar-refractivity contribution in [2.45, 2.75) is 32.1 Å². The van der Waals surface area contributed by atoms with E-state index in [1.54, 1.807) is 0 Å². The van der Waals surface area contributed by atoms with Crippen molar-refractivity contribution in [1.29, 1.82) is 0 Å². The fourth-order valence-corrected chi connectivity index (χ4v) is 3.71. The van der Waals surface area contributed by atoms with Crippen LogP contribution >= 0.6 is 11.8 Å². The van der Waals surface area contributed by atoms with E-state index < -0.39 is 0 Å². The van der Waals surface area contributed by atoms with Crippen LogP contribution in [0.3, 0.4) is 0 Å². The molecule has 0 aromatic heterocycles. The Kier molecular flexibility index (Phi) is 5.50. The maximum Gasteiger partial charge on any atom is 0.256 e. The third kappa shape index (κ3) is 4.28. The van der Waals surface area contributed by atoms with E-state index in [1.807, 2.05) is 17.8 Å². The summed E-state index contributed by atoms with van der Waals surface area (Å²) < 4.78 is 0. The van der Waals surface area contributed by atoms with Crippen molar-refractivity contribution in [3.8, 4) is 0 Å². The molecule has 0 radical (unpaired) electrons. The van der Waals surface area contributed by atoms with Gasteiger partial charge in [0.15, 0.2) is 0 Å². The number of nitrogens with zero attached hydrogens (tertiary/aromatic N) is 2. The second-order valence-corrected chi connectivity index (χ2v) is 6.43. The Morgan fingerprint density at radius 2 is 1.94 bits per heavy atom. The quantitative estimate of drug-likeness (QED) is 0.582. The number of allylic oxidation sites excluding steroid dienone is 1. The van der Waals surface area contributed by atoms with Gasteiger partial charge in [-0.2, -0.15) is 11.8 Å². The molecule has 0 aromatic carbocycles. The Hall–Kier alpha value is -0.550. The molecule has 2 rings (SSSR count). The van der Waals surface area contributed by atoms with Gasteiger partial charge in [0, 0.05) is 24.6 Å². The fraction of sp³-hybridized carbons (Fsp3) is 0.846. The highest BCUT2D eigenvalue weighted by molar-refractivity contribution is 7.99. The average Bonchev–Trinajstić information content (AvgIpc) is 2.40. The molecule has 1 aliphatic carbocycles. The average molecular weight is 270 g/mol. The normalized spacial score (nSPS) is 24.1. The molecule has 0 aromatic rings. The van der Waals surface area contributed by atoms with E-state index in [0.29, 0.717) is 18.2 Å². The maximum absolute atomic E-state index is 11.2. The minimum atomic E-state index is -0.170. The van der Waals surface area contributed by atoms with E-state index in [9.17, 15) is 10.1 Å². The van der Waals surface area contributed by atoms with Gasteiger partial charge in [-0.25, -0.2) is 0 Å². The molecule has 0 spiro atoms. The van der Waals surface area contributed by atoms with Crippen LogP contribution in [0.4, 0.5) is 0 Å². The Bertz CT molecular complexity index is 308. The maximum atomic E-state index is 11.2. The molecule has 18 heavy (non-hydrogen) atoms. The predicted molar refractivity (Wildman–Crippen MR) is 75.4 cm³/mol. The van der Waals surface area contributed by atoms with Crippen LogP contribution in [0, 0.1) is 16.0 Å². The lowest BCUT2D eigenvalue weighted by atomic mass is 9.88. The van der Waals surface area contributed by atoms with Gasteiger partial charge >= 0.3 is 0 Å². The Balaban J connectivity index is 1.93. The lowest BCUT2D eigenvalue weighted by Crippen LogP contribution is -2.35. The van der Waals surface area contributed by atoms with Gasteiger partial charge in [-0.05, 0) is 24.8 Å². The number of hydrogen-bond donors (Lipinski definition) is 0. The predicted octanol–water partition coefficient (Wildman–Crippen LogP) is 2.78. The summed E-state index contributed by atoms with van der Waals surface area (Å²) in [5, 5.41) is 11.2. The first-order valence-electron chi connectivity index (χ1n) is 6.91. The zero-order chi connectivity index (χ0) is 12.8. The Morgan fingerprint density at radius 1 is 1.28 bits per heavy atom. The molecule has 5 heteroatoms. The van der Waals surface area contributed by atoms with Crippen LogP contribution in [0.1, 0.15) is 32.1 Å². The lowest BCUT2D eigenvalue weighted by molar-refractivity contribution is -0.428. The van der Waals surface area contributed by atoms with E-state index in [4.69, 9.17) is 0 Å². The third-order valence-electron chi connectivity index (χ3n) is 3.80. The highest BCUT2D eigenvalue weighted by Gasteiger charge is 2.21. The smallest absolute Gasteiger partial charge is 0.256 e. The lowest BCUT2D eigenvalue weighted by Gasteiger charge is -2.25. The van der Waals surface area contributed by atoms with Crippen LogP contribution in [-0.2, 0) is 0 Å². The molecule has 102 valence electrons. The monoisotopic (exact) mass is 270 g/mol. The molecule has 0 amide bonds. The second-order valence-electron chi connectivity index (χ2n) is 5.20. The van der Waals surface area contributed by atoms with Crippen molar-refractivity contribution in [3.63, 3.8) is 0 Å². The molecular formula is C13H22N2O2S. The van der Waals surface area contributed by atoms with E-state index in [1.165, 1.54) is 19.3 Å². The molecule has 4 nitrogen and oxygen atoms in total.